The summed E-state index contributed by atoms with van der Waals surface area (Å²) in [6.45, 7) is 8.82. The van der Waals surface area contributed by atoms with Crippen LogP contribution in [0.2, 0.25) is 0 Å². The largest absolute Gasteiger partial charge is 0.493 e. The van der Waals surface area contributed by atoms with Crippen LogP contribution in [0.3, 0.4) is 0 Å². The van der Waals surface area contributed by atoms with Crippen molar-refractivity contribution in [2.24, 2.45) is 10.2 Å². The maximum Gasteiger partial charge on any atom is 0.347 e. The second-order valence-electron chi connectivity index (χ2n) is 9.22. The van der Waals surface area contributed by atoms with E-state index in [1.165, 1.54) is 25.7 Å². The molecule has 3 aromatic rings. The fourth-order valence-electron chi connectivity index (χ4n) is 3.84. The van der Waals surface area contributed by atoms with Crippen LogP contribution < -0.4 is 14.2 Å². The summed E-state index contributed by atoms with van der Waals surface area (Å²) < 4.78 is 22.2. The Hall–Kier alpha value is -4.46. The van der Waals surface area contributed by atoms with Crippen LogP contribution in [-0.4, -0.2) is 31.8 Å². The molecule has 0 aromatic heterocycles. The van der Waals surface area contributed by atoms with E-state index >= 15 is 0 Å². The molecule has 3 aromatic carbocycles. The van der Waals surface area contributed by atoms with E-state index in [1.807, 2.05) is 0 Å². The third-order valence-electron chi connectivity index (χ3n) is 6.00. The second kappa shape index (κ2) is 17.3. The summed E-state index contributed by atoms with van der Waals surface area (Å²) in [6, 6.07) is 18.4. The molecule has 0 unspecified atom stereocenters. The standard InChI is InChI=1S/C33H38N2O6/c1-4-7-8-9-10-11-23-39-29-20-21-30(31(24-29)40-22-5-2)33(37)41-28-18-16-27(17-19-28)35-34-26-14-12-25(13-15-26)32(36)38-6-3/h5,12-21,24H,2,4,6-11,22-23H2,1,3H3. The third kappa shape index (κ3) is 10.6. The molecule has 41 heavy (non-hydrogen) atoms. The molecule has 0 radical (unpaired) electrons. The molecule has 0 bridgehead atoms. The van der Waals surface area contributed by atoms with Crippen molar-refractivity contribution in [3.8, 4) is 17.2 Å². The molecule has 0 aliphatic heterocycles. The molecule has 8 nitrogen and oxygen atoms in total. The molecule has 0 aliphatic rings. The lowest BCUT2D eigenvalue weighted by Gasteiger charge is -2.13. The average Bonchev–Trinajstić information content (AvgIpc) is 2.99. The molecule has 0 aliphatic carbocycles. The van der Waals surface area contributed by atoms with E-state index < -0.39 is 5.97 Å². The molecule has 0 amide bonds. The van der Waals surface area contributed by atoms with E-state index in [1.54, 1.807) is 79.7 Å². The molecule has 0 atom stereocenters. The number of unbranched alkanes of at least 4 members (excludes halogenated alkanes) is 5. The topological polar surface area (TPSA) is 95.8 Å². The van der Waals surface area contributed by atoms with E-state index in [0.717, 1.165) is 12.8 Å². The molecule has 0 saturated carbocycles. The van der Waals surface area contributed by atoms with Crippen molar-refractivity contribution < 1.29 is 28.5 Å². The Morgan fingerprint density at radius 3 is 2.05 bits per heavy atom. The number of rotatable bonds is 17. The smallest absolute Gasteiger partial charge is 0.347 e. The predicted molar refractivity (Wildman–Crippen MR) is 159 cm³/mol. The monoisotopic (exact) mass is 558 g/mol. The Morgan fingerprint density at radius 2 is 1.39 bits per heavy atom. The lowest BCUT2D eigenvalue weighted by atomic mass is 10.1. The number of ether oxygens (including phenoxy) is 4. The molecule has 0 saturated heterocycles. The lowest BCUT2D eigenvalue weighted by molar-refractivity contribution is 0.0526. The van der Waals surface area contributed by atoms with Crippen LogP contribution in [0.15, 0.2) is 89.6 Å². The highest BCUT2D eigenvalue weighted by molar-refractivity contribution is 5.94. The van der Waals surface area contributed by atoms with Gasteiger partial charge in [-0.05, 0) is 74.0 Å². The number of hydrogen-bond donors (Lipinski definition) is 0. The van der Waals surface area contributed by atoms with Gasteiger partial charge < -0.3 is 18.9 Å². The quantitative estimate of drug-likeness (QED) is 0.0540. The first-order chi connectivity index (χ1) is 20.0. The molecule has 0 spiro atoms. The zero-order valence-corrected chi connectivity index (χ0v) is 23.8. The lowest BCUT2D eigenvalue weighted by Crippen LogP contribution is -2.11. The van der Waals surface area contributed by atoms with Gasteiger partial charge >= 0.3 is 11.9 Å². The average molecular weight is 559 g/mol. The molecule has 216 valence electrons. The van der Waals surface area contributed by atoms with Gasteiger partial charge in [-0.2, -0.15) is 10.2 Å². The zero-order valence-electron chi connectivity index (χ0n) is 23.8. The SMILES string of the molecule is C=CCOc1cc(OCCCCCCCC)ccc1C(=O)Oc1ccc(N=Nc2ccc(C(=O)OCC)cc2)cc1. The Kier molecular flexibility index (Phi) is 13.1. The van der Waals surface area contributed by atoms with Gasteiger partial charge in [-0.1, -0.05) is 51.7 Å². The molecule has 0 heterocycles. The fourth-order valence-corrected chi connectivity index (χ4v) is 3.84. The first-order valence-electron chi connectivity index (χ1n) is 14.1. The summed E-state index contributed by atoms with van der Waals surface area (Å²) in [5.41, 5.74) is 1.89. The third-order valence-corrected chi connectivity index (χ3v) is 6.00. The van der Waals surface area contributed by atoms with Gasteiger partial charge in [0, 0.05) is 6.07 Å². The normalized spacial score (nSPS) is 10.8. The van der Waals surface area contributed by atoms with Gasteiger partial charge in [0.05, 0.1) is 30.2 Å². The van der Waals surface area contributed by atoms with E-state index in [4.69, 9.17) is 18.9 Å². The summed E-state index contributed by atoms with van der Waals surface area (Å²) in [7, 11) is 0. The minimum absolute atomic E-state index is 0.242. The van der Waals surface area contributed by atoms with Gasteiger partial charge in [-0.3, -0.25) is 0 Å². The van der Waals surface area contributed by atoms with Crippen LogP contribution in [0.5, 0.6) is 17.2 Å². The van der Waals surface area contributed by atoms with Gasteiger partial charge in [-0.15, -0.1) is 0 Å². The predicted octanol–water partition coefficient (Wildman–Crippen LogP) is 8.80. The highest BCUT2D eigenvalue weighted by Crippen LogP contribution is 2.28. The number of carbonyl (C=O) groups excluding carboxylic acids is 2. The van der Waals surface area contributed by atoms with Gasteiger partial charge in [0.15, 0.2) is 0 Å². The van der Waals surface area contributed by atoms with Crippen molar-refractivity contribution in [2.45, 2.75) is 52.4 Å². The molecule has 8 heteroatoms. The fraction of sp³-hybridized carbons (Fsp3) is 0.333. The summed E-state index contributed by atoms with van der Waals surface area (Å²) in [6.07, 6.45) is 8.70. The zero-order chi connectivity index (χ0) is 29.3. The van der Waals surface area contributed by atoms with Crippen molar-refractivity contribution in [2.75, 3.05) is 19.8 Å². The van der Waals surface area contributed by atoms with Crippen molar-refractivity contribution in [3.05, 3.63) is 90.5 Å². The van der Waals surface area contributed by atoms with Crippen LogP contribution in [0, 0.1) is 0 Å². The van der Waals surface area contributed by atoms with E-state index in [0.29, 0.717) is 47.4 Å². The van der Waals surface area contributed by atoms with Crippen LogP contribution in [0.25, 0.3) is 0 Å². The molecule has 0 fully saturated rings. The van der Waals surface area contributed by atoms with Crippen molar-refractivity contribution in [1.82, 2.24) is 0 Å². The summed E-state index contributed by atoms with van der Waals surface area (Å²) in [5, 5.41) is 8.38. The van der Waals surface area contributed by atoms with E-state index in [9.17, 15) is 9.59 Å². The number of azo groups is 1. The first-order valence-corrected chi connectivity index (χ1v) is 14.1. The van der Waals surface area contributed by atoms with Gasteiger partial charge in [-0.25, -0.2) is 9.59 Å². The second-order valence-corrected chi connectivity index (χ2v) is 9.22. The Labute approximate surface area is 242 Å². The number of nitrogens with zero attached hydrogens (tertiary/aromatic N) is 2. The van der Waals surface area contributed by atoms with Crippen LogP contribution in [-0.2, 0) is 4.74 Å². The Morgan fingerprint density at radius 1 is 0.756 bits per heavy atom. The molecule has 0 N–H and O–H groups in total. The molecule has 3 rings (SSSR count). The number of esters is 2. The van der Waals surface area contributed by atoms with Crippen molar-refractivity contribution >= 4 is 23.3 Å². The molecular formula is C33H38N2O6. The number of benzene rings is 3. The Balaban J connectivity index is 1.57. The van der Waals surface area contributed by atoms with Gasteiger partial charge in [0.25, 0.3) is 0 Å². The maximum atomic E-state index is 13.0. The minimum Gasteiger partial charge on any atom is -0.493 e. The van der Waals surface area contributed by atoms with Crippen LogP contribution in [0.4, 0.5) is 11.4 Å². The summed E-state index contributed by atoms with van der Waals surface area (Å²) in [4.78, 5) is 24.7. The number of carbonyl (C=O) groups is 2. The maximum absolute atomic E-state index is 13.0. The van der Waals surface area contributed by atoms with E-state index in [2.05, 4.69) is 23.7 Å². The highest BCUT2D eigenvalue weighted by atomic mass is 16.5. The molecular weight excluding hydrogens is 520 g/mol. The minimum atomic E-state index is -0.553. The van der Waals surface area contributed by atoms with E-state index in [-0.39, 0.29) is 18.1 Å². The summed E-state index contributed by atoms with van der Waals surface area (Å²) >= 11 is 0. The van der Waals surface area contributed by atoms with Crippen molar-refractivity contribution in [3.63, 3.8) is 0 Å². The first kappa shape index (κ1) is 31.1. The van der Waals surface area contributed by atoms with Crippen molar-refractivity contribution in [1.29, 1.82) is 0 Å². The highest BCUT2D eigenvalue weighted by Gasteiger charge is 2.16. The van der Waals surface area contributed by atoms with Crippen LogP contribution in [0.1, 0.15) is 73.1 Å². The van der Waals surface area contributed by atoms with Gasteiger partial charge in [0.1, 0.15) is 29.4 Å². The Bertz CT molecular complexity index is 1290. The number of hydrogen-bond acceptors (Lipinski definition) is 8. The van der Waals surface area contributed by atoms with Gasteiger partial charge in [0.2, 0.25) is 0 Å². The summed E-state index contributed by atoms with van der Waals surface area (Å²) in [5.74, 6) is 0.427. The van der Waals surface area contributed by atoms with Crippen LogP contribution >= 0.6 is 0 Å².